The Morgan fingerprint density at radius 1 is 1.40 bits per heavy atom. The third kappa shape index (κ3) is 3.10. The van der Waals surface area contributed by atoms with Crippen LogP contribution in [0.1, 0.15) is 6.92 Å². The van der Waals surface area contributed by atoms with Crippen LogP contribution in [-0.2, 0) is 16.4 Å². The van der Waals surface area contributed by atoms with E-state index < -0.39 is 15.7 Å². The minimum atomic E-state index is -3.12. The number of rotatable bonds is 5. The van der Waals surface area contributed by atoms with Crippen LogP contribution in [0.2, 0.25) is 0 Å². The molecule has 0 amide bonds. The van der Waals surface area contributed by atoms with Crippen LogP contribution in [0.15, 0.2) is 18.2 Å². The summed E-state index contributed by atoms with van der Waals surface area (Å²) in [4.78, 5) is 0. The van der Waals surface area contributed by atoms with Crippen molar-refractivity contribution in [3.63, 3.8) is 0 Å². The maximum Gasteiger partial charge on any atom is 0.182 e. The second-order valence-electron chi connectivity index (χ2n) is 4.20. The molecule has 2 rings (SSSR count). The molecule has 108 valence electrons. The van der Waals surface area contributed by atoms with Crippen molar-refractivity contribution in [3.8, 4) is 11.4 Å². The highest BCUT2D eigenvalue weighted by molar-refractivity contribution is 7.91. The van der Waals surface area contributed by atoms with Crippen molar-refractivity contribution in [2.45, 2.75) is 13.5 Å². The SMILES string of the molecule is CCS(=O)(=O)CCn1nnnc1-c1ccc(N)c(F)c1. The van der Waals surface area contributed by atoms with Crippen molar-refractivity contribution in [3.05, 3.63) is 24.0 Å². The molecule has 1 aromatic heterocycles. The Hall–Kier alpha value is -2.03. The van der Waals surface area contributed by atoms with Crippen molar-refractivity contribution in [1.82, 2.24) is 20.2 Å². The lowest BCUT2D eigenvalue weighted by molar-refractivity contribution is 0.577. The van der Waals surface area contributed by atoms with E-state index in [1.165, 1.54) is 16.8 Å². The molecule has 0 radical (unpaired) electrons. The molecule has 7 nitrogen and oxygen atoms in total. The average Bonchev–Trinajstić information content (AvgIpc) is 2.88. The molecule has 1 aromatic carbocycles. The van der Waals surface area contributed by atoms with E-state index in [0.717, 1.165) is 0 Å². The van der Waals surface area contributed by atoms with Crippen LogP contribution in [0.5, 0.6) is 0 Å². The van der Waals surface area contributed by atoms with Gasteiger partial charge in [-0.3, -0.25) is 0 Å². The van der Waals surface area contributed by atoms with Gasteiger partial charge in [0.05, 0.1) is 18.0 Å². The van der Waals surface area contributed by atoms with Crippen LogP contribution in [0.25, 0.3) is 11.4 Å². The highest BCUT2D eigenvalue weighted by Gasteiger charge is 2.14. The molecule has 0 aliphatic carbocycles. The summed E-state index contributed by atoms with van der Waals surface area (Å²) in [5.41, 5.74) is 5.87. The van der Waals surface area contributed by atoms with Crippen LogP contribution in [0.3, 0.4) is 0 Å². The molecule has 0 unspecified atom stereocenters. The van der Waals surface area contributed by atoms with Gasteiger partial charge in [0.15, 0.2) is 15.7 Å². The molecule has 0 aliphatic rings. The predicted molar refractivity (Wildman–Crippen MR) is 72.0 cm³/mol. The maximum absolute atomic E-state index is 13.4. The van der Waals surface area contributed by atoms with Gasteiger partial charge < -0.3 is 5.73 Å². The zero-order valence-electron chi connectivity index (χ0n) is 10.8. The zero-order valence-corrected chi connectivity index (χ0v) is 11.6. The fourth-order valence-corrected chi connectivity index (χ4v) is 2.34. The first kappa shape index (κ1) is 14.4. The number of hydrogen-bond acceptors (Lipinski definition) is 6. The van der Waals surface area contributed by atoms with Crippen LogP contribution in [-0.4, -0.2) is 40.1 Å². The number of anilines is 1. The molecule has 2 aromatic rings. The van der Waals surface area contributed by atoms with E-state index in [4.69, 9.17) is 5.73 Å². The average molecular weight is 299 g/mol. The summed E-state index contributed by atoms with van der Waals surface area (Å²) < 4.78 is 37.7. The Morgan fingerprint density at radius 3 is 2.80 bits per heavy atom. The standard InChI is InChI=1S/C11H14FN5O2S/c1-2-20(18,19)6-5-17-11(14-15-16-17)8-3-4-10(13)9(12)7-8/h3-4,7H,2,5-6,13H2,1H3. The summed E-state index contributed by atoms with van der Waals surface area (Å²) in [5.74, 6) is -0.284. The topological polar surface area (TPSA) is 104 Å². The van der Waals surface area contributed by atoms with E-state index in [1.807, 2.05) is 0 Å². The second-order valence-corrected chi connectivity index (χ2v) is 6.67. The Morgan fingerprint density at radius 2 is 2.15 bits per heavy atom. The van der Waals surface area contributed by atoms with Crippen LogP contribution in [0, 0.1) is 5.82 Å². The Balaban J connectivity index is 2.26. The number of aromatic nitrogens is 4. The van der Waals surface area contributed by atoms with Gasteiger partial charge in [-0.15, -0.1) is 5.10 Å². The summed E-state index contributed by atoms with van der Waals surface area (Å²) in [6, 6.07) is 4.20. The molecule has 0 saturated heterocycles. The summed E-state index contributed by atoms with van der Waals surface area (Å²) in [7, 11) is -3.12. The predicted octanol–water partition coefficient (Wildman–Crippen LogP) is 0.496. The number of aryl methyl sites for hydroxylation is 1. The second kappa shape index (κ2) is 5.53. The van der Waals surface area contributed by atoms with Crippen molar-refractivity contribution < 1.29 is 12.8 Å². The van der Waals surface area contributed by atoms with Gasteiger partial charge >= 0.3 is 0 Å². The van der Waals surface area contributed by atoms with Crippen molar-refractivity contribution in [1.29, 1.82) is 0 Å². The summed E-state index contributed by atoms with van der Waals surface area (Å²) in [6.07, 6.45) is 0. The molecule has 1 heterocycles. The number of halogens is 1. The Labute approximate surface area is 115 Å². The third-order valence-corrected chi connectivity index (χ3v) is 4.53. The Bertz CT molecular complexity index is 713. The first-order chi connectivity index (χ1) is 9.43. The van der Waals surface area contributed by atoms with Crippen molar-refractivity contribution >= 4 is 15.5 Å². The van der Waals surface area contributed by atoms with E-state index in [1.54, 1.807) is 13.0 Å². The quantitative estimate of drug-likeness (QED) is 0.806. The minimum Gasteiger partial charge on any atom is -0.396 e. The van der Waals surface area contributed by atoms with E-state index in [9.17, 15) is 12.8 Å². The number of nitrogens with zero attached hydrogens (tertiary/aromatic N) is 4. The lowest BCUT2D eigenvalue weighted by atomic mass is 10.2. The maximum atomic E-state index is 13.4. The van der Waals surface area contributed by atoms with Gasteiger partial charge in [-0.05, 0) is 28.6 Å². The van der Waals surface area contributed by atoms with Crippen LogP contribution in [0.4, 0.5) is 10.1 Å². The number of sulfone groups is 1. The molecular formula is C11H14FN5O2S. The molecule has 9 heteroatoms. The van der Waals surface area contributed by atoms with E-state index in [2.05, 4.69) is 15.5 Å². The van der Waals surface area contributed by atoms with Gasteiger partial charge in [-0.25, -0.2) is 17.5 Å². The fraction of sp³-hybridized carbons (Fsp3) is 0.364. The number of tetrazole rings is 1. The molecule has 0 bridgehead atoms. The summed E-state index contributed by atoms with van der Waals surface area (Å²) in [6.45, 7) is 1.69. The molecular weight excluding hydrogens is 285 g/mol. The third-order valence-electron chi connectivity index (χ3n) is 2.84. The monoisotopic (exact) mass is 299 g/mol. The molecule has 0 spiro atoms. The normalized spacial score (nSPS) is 11.7. The number of nitrogen functional groups attached to an aromatic ring is 1. The fourth-order valence-electron chi connectivity index (χ4n) is 1.60. The lowest BCUT2D eigenvalue weighted by Crippen LogP contribution is -2.16. The molecule has 0 saturated carbocycles. The first-order valence-corrected chi connectivity index (χ1v) is 7.77. The lowest BCUT2D eigenvalue weighted by Gasteiger charge is -2.05. The number of hydrogen-bond donors (Lipinski definition) is 1. The first-order valence-electron chi connectivity index (χ1n) is 5.95. The smallest absolute Gasteiger partial charge is 0.182 e. The van der Waals surface area contributed by atoms with Crippen LogP contribution < -0.4 is 5.73 Å². The molecule has 0 fully saturated rings. The van der Waals surface area contributed by atoms with E-state index >= 15 is 0 Å². The molecule has 0 atom stereocenters. The highest BCUT2D eigenvalue weighted by atomic mass is 32.2. The Kier molecular flexibility index (Phi) is 3.98. The van der Waals surface area contributed by atoms with Crippen molar-refractivity contribution in [2.24, 2.45) is 0 Å². The number of benzene rings is 1. The van der Waals surface area contributed by atoms with Gasteiger partial charge in [-0.1, -0.05) is 6.92 Å². The minimum absolute atomic E-state index is 0.0290. The van der Waals surface area contributed by atoms with Gasteiger partial charge in [0.1, 0.15) is 5.82 Å². The molecule has 20 heavy (non-hydrogen) atoms. The van der Waals surface area contributed by atoms with Gasteiger partial charge in [0.25, 0.3) is 0 Å². The molecule has 0 aliphatic heterocycles. The largest absolute Gasteiger partial charge is 0.396 e. The van der Waals surface area contributed by atoms with Gasteiger partial charge in [0, 0.05) is 11.3 Å². The highest BCUT2D eigenvalue weighted by Crippen LogP contribution is 2.20. The van der Waals surface area contributed by atoms with E-state index in [0.29, 0.717) is 11.4 Å². The van der Waals surface area contributed by atoms with Crippen molar-refractivity contribution in [2.75, 3.05) is 17.2 Å². The van der Waals surface area contributed by atoms with Gasteiger partial charge in [0.2, 0.25) is 0 Å². The number of nitrogens with two attached hydrogens (primary N) is 1. The summed E-state index contributed by atoms with van der Waals surface area (Å²) >= 11 is 0. The van der Waals surface area contributed by atoms with Gasteiger partial charge in [-0.2, -0.15) is 0 Å². The summed E-state index contributed by atoms with van der Waals surface area (Å²) in [5, 5.41) is 11.0. The zero-order chi connectivity index (χ0) is 14.8. The molecule has 2 N–H and O–H groups in total. The van der Waals surface area contributed by atoms with Crippen LogP contribution >= 0.6 is 0 Å². The van der Waals surface area contributed by atoms with E-state index in [-0.39, 0.29) is 23.7 Å².